The van der Waals surface area contributed by atoms with Crippen LogP contribution in [0.5, 0.6) is 0 Å². The first kappa shape index (κ1) is 9.99. The van der Waals surface area contributed by atoms with Gasteiger partial charge >= 0.3 is 0 Å². The minimum atomic E-state index is -2.95. The fourth-order valence-electron chi connectivity index (χ4n) is 1.23. The predicted octanol–water partition coefficient (Wildman–Crippen LogP) is 1.12. The highest BCUT2D eigenvalue weighted by Crippen LogP contribution is 2.33. The van der Waals surface area contributed by atoms with Crippen LogP contribution in [0, 0.1) is 5.92 Å². The molecule has 3 nitrogen and oxygen atoms in total. The average Bonchev–Trinajstić information content (AvgIpc) is 2.82. The van der Waals surface area contributed by atoms with Crippen LogP contribution < -0.4 is 4.72 Å². The lowest BCUT2D eigenvalue weighted by molar-refractivity contribution is 0.578. The van der Waals surface area contributed by atoms with E-state index in [9.17, 15) is 8.42 Å². The van der Waals surface area contributed by atoms with E-state index in [0.717, 1.165) is 18.8 Å². The summed E-state index contributed by atoms with van der Waals surface area (Å²) in [4.78, 5) is 0. The maximum absolute atomic E-state index is 10.9. The smallest absolute Gasteiger partial charge is 0.211 e. The van der Waals surface area contributed by atoms with Crippen LogP contribution in [-0.4, -0.2) is 21.2 Å². The maximum Gasteiger partial charge on any atom is 0.211 e. The fraction of sp³-hybridized carbons (Fsp3) is 1.00. The molecule has 0 heterocycles. The van der Waals surface area contributed by atoms with Gasteiger partial charge in [0.2, 0.25) is 10.0 Å². The molecule has 1 N–H and O–H groups in total. The molecule has 0 aromatic heterocycles. The molecular formula is C8H17NO2S. The van der Waals surface area contributed by atoms with Gasteiger partial charge in [0, 0.05) is 0 Å². The van der Waals surface area contributed by atoms with Crippen LogP contribution in [0.25, 0.3) is 0 Å². The highest BCUT2D eigenvalue weighted by atomic mass is 32.2. The third-order valence-corrected chi connectivity index (χ3v) is 3.73. The van der Waals surface area contributed by atoms with E-state index < -0.39 is 10.0 Å². The average molecular weight is 191 g/mol. The molecule has 0 aromatic rings. The van der Waals surface area contributed by atoms with E-state index in [1.165, 1.54) is 26.3 Å². The molecule has 1 rings (SSSR count). The van der Waals surface area contributed by atoms with Gasteiger partial charge in [0.1, 0.15) is 0 Å². The van der Waals surface area contributed by atoms with E-state index in [0.29, 0.717) is 0 Å². The van der Waals surface area contributed by atoms with Crippen LogP contribution in [0.1, 0.15) is 32.1 Å². The zero-order valence-electron chi connectivity index (χ0n) is 7.54. The third-order valence-electron chi connectivity index (χ3n) is 2.28. The third kappa shape index (κ3) is 4.07. The largest absolute Gasteiger partial charge is 0.218 e. The van der Waals surface area contributed by atoms with Crippen molar-refractivity contribution in [3.05, 3.63) is 0 Å². The van der Waals surface area contributed by atoms with Gasteiger partial charge in [-0.05, 0) is 19.4 Å². The van der Waals surface area contributed by atoms with Crippen LogP contribution >= 0.6 is 0 Å². The van der Waals surface area contributed by atoms with Crippen LogP contribution in [-0.2, 0) is 10.0 Å². The molecule has 0 unspecified atom stereocenters. The van der Waals surface area contributed by atoms with Crippen molar-refractivity contribution in [1.29, 1.82) is 0 Å². The molecule has 1 aliphatic rings. The number of hydrogen-bond donors (Lipinski definition) is 1. The summed E-state index contributed by atoms with van der Waals surface area (Å²) >= 11 is 0. The van der Waals surface area contributed by atoms with Crippen LogP contribution in [0.15, 0.2) is 0 Å². The second-order valence-electron chi connectivity index (χ2n) is 3.46. The first-order chi connectivity index (χ1) is 5.64. The molecule has 4 heteroatoms. The molecule has 0 bridgehead atoms. The lowest BCUT2D eigenvalue weighted by atomic mass is 10.2. The Bertz CT molecular complexity index is 219. The number of hydrogen-bond acceptors (Lipinski definition) is 2. The Morgan fingerprint density at radius 3 is 2.50 bits per heavy atom. The lowest BCUT2D eigenvalue weighted by Crippen LogP contribution is -2.21. The van der Waals surface area contributed by atoms with Crippen molar-refractivity contribution >= 4 is 10.0 Å². The van der Waals surface area contributed by atoms with Gasteiger partial charge in [-0.15, -0.1) is 0 Å². The Labute approximate surface area is 74.6 Å². The SMILES string of the molecule is CNS(=O)(=O)CCCCC1CC1. The van der Waals surface area contributed by atoms with E-state index >= 15 is 0 Å². The minimum absolute atomic E-state index is 0.288. The number of nitrogens with one attached hydrogen (secondary N) is 1. The summed E-state index contributed by atoms with van der Waals surface area (Å²) in [6.45, 7) is 0. The zero-order valence-corrected chi connectivity index (χ0v) is 8.36. The van der Waals surface area contributed by atoms with Gasteiger partial charge in [0.25, 0.3) is 0 Å². The molecule has 0 radical (unpaired) electrons. The molecular weight excluding hydrogens is 174 g/mol. The van der Waals surface area contributed by atoms with E-state index in [4.69, 9.17) is 0 Å². The summed E-state index contributed by atoms with van der Waals surface area (Å²) in [6, 6.07) is 0. The molecule has 1 saturated carbocycles. The first-order valence-corrected chi connectivity index (χ1v) is 6.20. The Morgan fingerprint density at radius 1 is 1.33 bits per heavy atom. The normalized spacial score (nSPS) is 18.1. The molecule has 0 aromatic carbocycles. The van der Waals surface area contributed by atoms with Crippen molar-refractivity contribution in [2.75, 3.05) is 12.8 Å². The summed E-state index contributed by atoms with van der Waals surface area (Å²) in [5.41, 5.74) is 0. The second kappa shape index (κ2) is 4.23. The van der Waals surface area contributed by atoms with Gasteiger partial charge in [-0.25, -0.2) is 13.1 Å². The topological polar surface area (TPSA) is 46.2 Å². The first-order valence-electron chi connectivity index (χ1n) is 4.55. The molecule has 0 atom stereocenters. The summed E-state index contributed by atoms with van der Waals surface area (Å²) in [6.07, 6.45) is 5.81. The molecule has 72 valence electrons. The monoisotopic (exact) mass is 191 g/mol. The molecule has 0 aliphatic heterocycles. The Morgan fingerprint density at radius 2 is 2.00 bits per heavy atom. The standard InChI is InChI=1S/C8H17NO2S/c1-9-12(10,11)7-3-2-4-8-5-6-8/h8-9H,2-7H2,1H3. The van der Waals surface area contributed by atoms with Crippen molar-refractivity contribution in [2.24, 2.45) is 5.92 Å². The van der Waals surface area contributed by atoms with Crippen molar-refractivity contribution < 1.29 is 8.42 Å². The van der Waals surface area contributed by atoms with Gasteiger partial charge in [-0.3, -0.25) is 0 Å². The van der Waals surface area contributed by atoms with E-state index in [1.54, 1.807) is 0 Å². The van der Waals surface area contributed by atoms with Crippen LogP contribution in [0.2, 0.25) is 0 Å². The molecule has 0 amide bonds. The van der Waals surface area contributed by atoms with Crippen molar-refractivity contribution in [3.63, 3.8) is 0 Å². The Balaban J connectivity index is 2.00. The van der Waals surface area contributed by atoms with Gasteiger partial charge in [-0.1, -0.05) is 25.7 Å². The number of rotatable bonds is 6. The summed E-state index contributed by atoms with van der Waals surface area (Å²) in [5.74, 6) is 1.21. The predicted molar refractivity (Wildman–Crippen MR) is 49.4 cm³/mol. The summed E-state index contributed by atoms with van der Waals surface area (Å²) < 4.78 is 24.2. The maximum atomic E-state index is 10.9. The summed E-state index contributed by atoms with van der Waals surface area (Å²) in [5, 5.41) is 0. The molecule has 0 spiro atoms. The van der Waals surface area contributed by atoms with Crippen LogP contribution in [0.4, 0.5) is 0 Å². The molecule has 0 saturated heterocycles. The minimum Gasteiger partial charge on any atom is -0.218 e. The van der Waals surface area contributed by atoms with Crippen molar-refractivity contribution in [3.8, 4) is 0 Å². The molecule has 12 heavy (non-hydrogen) atoms. The van der Waals surface area contributed by atoms with E-state index in [-0.39, 0.29) is 5.75 Å². The van der Waals surface area contributed by atoms with Gasteiger partial charge in [0.15, 0.2) is 0 Å². The second-order valence-corrected chi connectivity index (χ2v) is 5.51. The number of sulfonamides is 1. The van der Waals surface area contributed by atoms with Gasteiger partial charge < -0.3 is 0 Å². The summed E-state index contributed by atoms with van der Waals surface area (Å²) in [7, 11) is -1.48. The van der Waals surface area contributed by atoms with Crippen molar-refractivity contribution in [1.82, 2.24) is 4.72 Å². The Hall–Kier alpha value is -0.0900. The Kier molecular flexibility index (Phi) is 3.53. The fourth-order valence-corrected chi connectivity index (χ4v) is 2.02. The zero-order chi connectivity index (χ0) is 9.03. The van der Waals surface area contributed by atoms with Crippen LogP contribution in [0.3, 0.4) is 0 Å². The highest BCUT2D eigenvalue weighted by Gasteiger charge is 2.20. The number of unbranched alkanes of at least 4 members (excludes halogenated alkanes) is 1. The van der Waals surface area contributed by atoms with Gasteiger partial charge in [0.05, 0.1) is 5.75 Å². The van der Waals surface area contributed by atoms with Crippen molar-refractivity contribution in [2.45, 2.75) is 32.1 Å². The van der Waals surface area contributed by atoms with Gasteiger partial charge in [-0.2, -0.15) is 0 Å². The van der Waals surface area contributed by atoms with E-state index in [2.05, 4.69) is 4.72 Å². The molecule has 1 fully saturated rings. The lowest BCUT2D eigenvalue weighted by Gasteiger charge is -2.01. The molecule has 1 aliphatic carbocycles. The van der Waals surface area contributed by atoms with E-state index in [1.807, 2.05) is 0 Å². The quantitative estimate of drug-likeness (QED) is 0.639. The highest BCUT2D eigenvalue weighted by molar-refractivity contribution is 7.89.